The number of thiophene rings is 1. The summed E-state index contributed by atoms with van der Waals surface area (Å²) in [6.07, 6.45) is 0. The molecule has 1 aliphatic heterocycles. The van der Waals surface area contributed by atoms with E-state index in [0.717, 1.165) is 33.9 Å². The largest absolute Gasteiger partial charge is 0.312 e. The molecule has 1 aromatic rings. The molecule has 2 unspecified atom stereocenters. The summed E-state index contributed by atoms with van der Waals surface area (Å²) < 4.78 is 1.60. The lowest BCUT2D eigenvalue weighted by atomic mass is 10.1. The van der Waals surface area contributed by atoms with Gasteiger partial charge in [0.2, 0.25) is 0 Å². The first-order chi connectivity index (χ1) is 7.58. The molecule has 0 radical (unpaired) electrons. The fraction of sp³-hybridized carbons (Fsp3) is 0.636. The van der Waals surface area contributed by atoms with E-state index in [-0.39, 0.29) is 0 Å². The Morgan fingerprint density at radius 3 is 2.88 bits per heavy atom. The molecule has 1 aliphatic rings. The molecule has 2 atom stereocenters. The van der Waals surface area contributed by atoms with Crippen LogP contribution in [0.1, 0.15) is 25.5 Å². The molecule has 0 amide bonds. The highest BCUT2D eigenvalue weighted by Crippen LogP contribution is 2.37. The molecule has 0 aromatic carbocycles. The van der Waals surface area contributed by atoms with Crippen LogP contribution in [0.2, 0.25) is 8.67 Å². The van der Waals surface area contributed by atoms with Gasteiger partial charge in [-0.3, -0.25) is 4.90 Å². The van der Waals surface area contributed by atoms with Crippen LogP contribution < -0.4 is 5.32 Å². The van der Waals surface area contributed by atoms with E-state index in [2.05, 4.69) is 24.1 Å². The highest BCUT2D eigenvalue weighted by molar-refractivity contribution is 7.20. The van der Waals surface area contributed by atoms with Gasteiger partial charge in [-0.1, -0.05) is 23.2 Å². The average molecular weight is 279 g/mol. The van der Waals surface area contributed by atoms with E-state index in [1.54, 1.807) is 0 Å². The van der Waals surface area contributed by atoms with Gasteiger partial charge in [-0.25, -0.2) is 0 Å². The first-order valence-corrected chi connectivity index (χ1v) is 7.07. The van der Waals surface area contributed by atoms with Crippen LogP contribution in [0.3, 0.4) is 0 Å². The predicted octanol–water partition coefficient (Wildman–Crippen LogP) is 3.41. The normalized spacial score (nSPS) is 24.6. The van der Waals surface area contributed by atoms with Crippen LogP contribution in [-0.2, 0) is 0 Å². The van der Waals surface area contributed by atoms with Crippen LogP contribution in [0, 0.1) is 0 Å². The second-order valence-electron chi connectivity index (χ2n) is 4.31. The van der Waals surface area contributed by atoms with Gasteiger partial charge in [0, 0.05) is 37.3 Å². The van der Waals surface area contributed by atoms with Crippen LogP contribution in [0.5, 0.6) is 0 Å². The molecule has 16 heavy (non-hydrogen) atoms. The van der Waals surface area contributed by atoms with E-state index in [0.29, 0.717) is 12.1 Å². The number of hydrogen-bond acceptors (Lipinski definition) is 3. The van der Waals surface area contributed by atoms with Crippen molar-refractivity contribution in [1.29, 1.82) is 0 Å². The summed E-state index contributed by atoms with van der Waals surface area (Å²) in [5, 5.41) is 3.44. The van der Waals surface area contributed by atoms with Gasteiger partial charge in [-0.05, 0) is 19.9 Å². The van der Waals surface area contributed by atoms with Gasteiger partial charge in [0.05, 0.1) is 8.67 Å². The fourth-order valence-corrected chi connectivity index (χ4v) is 3.78. The zero-order chi connectivity index (χ0) is 11.7. The van der Waals surface area contributed by atoms with Crippen LogP contribution >= 0.6 is 34.5 Å². The zero-order valence-corrected chi connectivity index (χ0v) is 11.8. The SMILES string of the molecule is CC1CN(C(C)c2cc(Cl)sc2Cl)CCN1. The second-order valence-corrected chi connectivity index (χ2v) is 6.59. The smallest absolute Gasteiger partial charge is 0.0991 e. The van der Waals surface area contributed by atoms with Crippen molar-refractivity contribution in [2.24, 2.45) is 0 Å². The van der Waals surface area contributed by atoms with E-state index in [4.69, 9.17) is 23.2 Å². The number of piperazine rings is 1. The highest BCUT2D eigenvalue weighted by atomic mass is 35.5. The highest BCUT2D eigenvalue weighted by Gasteiger charge is 2.24. The molecule has 1 aromatic heterocycles. The van der Waals surface area contributed by atoms with Crippen molar-refractivity contribution in [2.45, 2.75) is 25.9 Å². The van der Waals surface area contributed by atoms with E-state index in [1.807, 2.05) is 6.07 Å². The van der Waals surface area contributed by atoms with Crippen molar-refractivity contribution >= 4 is 34.5 Å². The molecular weight excluding hydrogens is 263 g/mol. The lowest BCUT2D eigenvalue weighted by Crippen LogP contribution is -2.49. The summed E-state index contributed by atoms with van der Waals surface area (Å²) in [4.78, 5) is 2.45. The second kappa shape index (κ2) is 5.23. The van der Waals surface area contributed by atoms with Crippen LogP contribution in [-0.4, -0.2) is 30.6 Å². The maximum atomic E-state index is 6.19. The summed E-state index contributed by atoms with van der Waals surface area (Å²) in [5.41, 5.74) is 1.16. The molecule has 1 saturated heterocycles. The molecule has 5 heteroatoms. The Bertz CT molecular complexity index is 367. The molecule has 90 valence electrons. The molecule has 0 aliphatic carbocycles. The summed E-state index contributed by atoms with van der Waals surface area (Å²) >= 11 is 13.6. The third-order valence-electron chi connectivity index (χ3n) is 3.08. The minimum atomic E-state index is 0.348. The molecule has 1 N–H and O–H groups in total. The molecule has 1 fully saturated rings. The third kappa shape index (κ3) is 2.71. The molecule has 2 heterocycles. The average Bonchev–Trinajstić information content (AvgIpc) is 2.57. The van der Waals surface area contributed by atoms with E-state index >= 15 is 0 Å². The quantitative estimate of drug-likeness (QED) is 0.892. The van der Waals surface area contributed by atoms with Gasteiger partial charge in [0.25, 0.3) is 0 Å². The lowest BCUT2D eigenvalue weighted by Gasteiger charge is -2.36. The van der Waals surface area contributed by atoms with Crippen LogP contribution in [0.4, 0.5) is 0 Å². The number of nitrogens with zero attached hydrogens (tertiary/aromatic N) is 1. The standard InChI is InChI=1S/C11H16Cl2N2S/c1-7-6-15(4-3-14-7)8(2)9-5-10(12)16-11(9)13/h5,7-8,14H,3-4,6H2,1-2H3. The van der Waals surface area contributed by atoms with E-state index in [9.17, 15) is 0 Å². The molecule has 0 bridgehead atoms. The minimum absolute atomic E-state index is 0.348. The summed E-state index contributed by atoms with van der Waals surface area (Å²) in [6.45, 7) is 7.57. The molecular formula is C11H16Cl2N2S. The molecule has 2 rings (SSSR count). The lowest BCUT2D eigenvalue weighted by molar-refractivity contribution is 0.159. The maximum absolute atomic E-state index is 6.19. The number of nitrogens with one attached hydrogen (secondary N) is 1. The first-order valence-electron chi connectivity index (χ1n) is 5.50. The Kier molecular flexibility index (Phi) is 4.14. The van der Waals surface area contributed by atoms with Gasteiger partial charge >= 0.3 is 0 Å². The first kappa shape index (κ1) is 12.7. The molecule has 2 nitrogen and oxygen atoms in total. The Morgan fingerprint density at radius 2 is 2.31 bits per heavy atom. The monoisotopic (exact) mass is 278 g/mol. The van der Waals surface area contributed by atoms with Crippen molar-refractivity contribution in [3.63, 3.8) is 0 Å². The Balaban J connectivity index is 2.11. The van der Waals surface area contributed by atoms with Crippen molar-refractivity contribution in [3.05, 3.63) is 20.3 Å². The van der Waals surface area contributed by atoms with E-state index in [1.165, 1.54) is 11.3 Å². The molecule has 0 spiro atoms. The maximum Gasteiger partial charge on any atom is 0.0991 e. The summed E-state index contributed by atoms with van der Waals surface area (Å²) in [6, 6.07) is 2.89. The zero-order valence-electron chi connectivity index (χ0n) is 9.46. The van der Waals surface area contributed by atoms with Crippen molar-refractivity contribution in [3.8, 4) is 0 Å². The number of rotatable bonds is 2. The Morgan fingerprint density at radius 1 is 1.56 bits per heavy atom. The van der Waals surface area contributed by atoms with Crippen LogP contribution in [0.15, 0.2) is 6.07 Å². The number of halogens is 2. The van der Waals surface area contributed by atoms with Crippen molar-refractivity contribution in [1.82, 2.24) is 10.2 Å². The fourth-order valence-electron chi connectivity index (χ4n) is 2.15. The summed E-state index contributed by atoms with van der Waals surface area (Å²) in [5.74, 6) is 0. The van der Waals surface area contributed by atoms with Gasteiger partial charge < -0.3 is 5.32 Å². The van der Waals surface area contributed by atoms with Gasteiger partial charge in [-0.15, -0.1) is 11.3 Å². The topological polar surface area (TPSA) is 15.3 Å². The predicted molar refractivity (Wildman–Crippen MR) is 71.8 cm³/mol. The Hall–Kier alpha value is 0.200. The van der Waals surface area contributed by atoms with Crippen molar-refractivity contribution in [2.75, 3.05) is 19.6 Å². The summed E-state index contributed by atoms with van der Waals surface area (Å²) in [7, 11) is 0. The Labute approximate surface area is 111 Å². The number of hydrogen-bond donors (Lipinski definition) is 1. The van der Waals surface area contributed by atoms with Gasteiger partial charge in [-0.2, -0.15) is 0 Å². The van der Waals surface area contributed by atoms with E-state index < -0.39 is 0 Å². The van der Waals surface area contributed by atoms with Crippen molar-refractivity contribution < 1.29 is 0 Å². The van der Waals surface area contributed by atoms with Gasteiger partial charge in [0.15, 0.2) is 0 Å². The van der Waals surface area contributed by atoms with Gasteiger partial charge in [0.1, 0.15) is 0 Å². The third-order valence-corrected chi connectivity index (χ3v) is 4.60. The minimum Gasteiger partial charge on any atom is -0.312 e. The molecule has 0 saturated carbocycles. The van der Waals surface area contributed by atoms with Crippen LogP contribution in [0.25, 0.3) is 0 Å².